The van der Waals surface area contributed by atoms with Gasteiger partial charge in [-0.1, -0.05) is 29.5 Å². The number of H-pyrrole nitrogens is 1. The molecule has 0 saturated heterocycles. The van der Waals surface area contributed by atoms with Gasteiger partial charge in [-0.05, 0) is 30.0 Å². The SMILES string of the molecule is Cc1nc2c(=O)[nH]c(C(=O)O)nc2s1.Cl.NCc1ccc2c(c1)CN(c1c(N)c(=O)c1=O)CC2. The number of aromatic carboxylic acids is 1. The number of carboxylic acid groups (broad SMARTS) is 1. The third-order valence-electron chi connectivity index (χ3n) is 5.34. The summed E-state index contributed by atoms with van der Waals surface area (Å²) in [5, 5.41) is 9.31. The van der Waals surface area contributed by atoms with Gasteiger partial charge in [-0.15, -0.1) is 12.4 Å². The molecule has 0 unspecified atom stereocenters. The molecule has 178 valence electrons. The summed E-state index contributed by atoms with van der Waals surface area (Å²) < 4.78 is 0. The van der Waals surface area contributed by atoms with Gasteiger partial charge >= 0.3 is 5.97 Å². The molecule has 0 atom stereocenters. The first kappa shape index (κ1) is 25.0. The van der Waals surface area contributed by atoms with E-state index in [1.165, 1.54) is 16.9 Å². The molecule has 0 bridgehead atoms. The van der Waals surface area contributed by atoms with E-state index in [4.69, 9.17) is 16.6 Å². The maximum atomic E-state index is 11.6. The Morgan fingerprint density at radius 1 is 1.21 bits per heavy atom. The zero-order chi connectivity index (χ0) is 23.9. The Morgan fingerprint density at radius 3 is 2.59 bits per heavy atom. The normalized spacial score (nSPS) is 12.6. The number of aromatic amines is 1. The van der Waals surface area contributed by atoms with Crippen molar-refractivity contribution in [1.82, 2.24) is 15.0 Å². The minimum Gasteiger partial charge on any atom is -0.475 e. The highest BCUT2D eigenvalue weighted by Gasteiger charge is 2.26. The zero-order valence-corrected chi connectivity index (χ0v) is 19.6. The van der Waals surface area contributed by atoms with Gasteiger partial charge < -0.3 is 21.5 Å². The average Bonchev–Trinajstić information content (AvgIpc) is 3.19. The van der Waals surface area contributed by atoms with E-state index in [2.05, 4.69) is 27.1 Å². The van der Waals surface area contributed by atoms with Crippen LogP contribution in [0.25, 0.3) is 10.3 Å². The Kier molecular flexibility index (Phi) is 7.15. The Hall–Kier alpha value is -3.61. The number of aryl methyl sites for hydroxylation is 1. The van der Waals surface area contributed by atoms with Crippen LogP contribution in [0.5, 0.6) is 0 Å². The summed E-state index contributed by atoms with van der Waals surface area (Å²) in [5.74, 6) is -1.61. The number of carboxylic acids is 1. The second kappa shape index (κ2) is 9.71. The molecule has 1 aliphatic heterocycles. The van der Waals surface area contributed by atoms with Gasteiger partial charge in [0.05, 0.1) is 5.01 Å². The van der Waals surface area contributed by atoms with Crippen molar-refractivity contribution in [2.45, 2.75) is 26.4 Å². The fourth-order valence-corrected chi connectivity index (χ4v) is 4.47. The van der Waals surface area contributed by atoms with Crippen molar-refractivity contribution in [3.05, 3.63) is 76.5 Å². The van der Waals surface area contributed by atoms with Crippen LogP contribution in [0.15, 0.2) is 32.6 Å². The van der Waals surface area contributed by atoms with E-state index in [0.29, 0.717) is 35.2 Å². The first-order valence-electron chi connectivity index (χ1n) is 9.94. The van der Waals surface area contributed by atoms with E-state index >= 15 is 0 Å². The fraction of sp³-hybridized carbons (Fsp3) is 0.238. The lowest BCUT2D eigenvalue weighted by atomic mass is 9.96. The minimum absolute atomic E-state index is 0. The van der Waals surface area contributed by atoms with E-state index in [1.807, 2.05) is 11.0 Å². The molecule has 0 saturated carbocycles. The molecule has 4 aromatic rings. The van der Waals surface area contributed by atoms with Gasteiger partial charge in [-0.25, -0.2) is 14.8 Å². The molecule has 0 fully saturated rings. The molecular formula is C21H21ClN6O5S. The molecular weight excluding hydrogens is 484 g/mol. The van der Waals surface area contributed by atoms with Gasteiger partial charge in [0.25, 0.3) is 16.4 Å². The van der Waals surface area contributed by atoms with Crippen LogP contribution in [0.2, 0.25) is 0 Å². The number of halogens is 1. The topological polar surface area (TPSA) is 185 Å². The predicted molar refractivity (Wildman–Crippen MR) is 132 cm³/mol. The molecule has 5 rings (SSSR count). The number of anilines is 2. The van der Waals surface area contributed by atoms with Crippen LogP contribution in [0.4, 0.5) is 11.4 Å². The van der Waals surface area contributed by atoms with Gasteiger partial charge in [0.1, 0.15) is 11.4 Å². The highest BCUT2D eigenvalue weighted by Crippen LogP contribution is 2.26. The maximum Gasteiger partial charge on any atom is 0.372 e. The Balaban J connectivity index is 0.000000193. The number of nitrogens with zero attached hydrogens (tertiary/aromatic N) is 3. The first-order valence-corrected chi connectivity index (χ1v) is 10.8. The number of nitrogen functional groups attached to an aromatic ring is 1. The van der Waals surface area contributed by atoms with Crippen molar-refractivity contribution in [1.29, 1.82) is 0 Å². The smallest absolute Gasteiger partial charge is 0.372 e. The number of carbonyl (C=O) groups is 1. The number of rotatable bonds is 3. The van der Waals surface area contributed by atoms with Crippen molar-refractivity contribution in [2.24, 2.45) is 5.73 Å². The zero-order valence-electron chi connectivity index (χ0n) is 18.0. The fourth-order valence-electron chi connectivity index (χ4n) is 3.68. The highest BCUT2D eigenvalue weighted by atomic mass is 35.5. The number of hydrogen-bond acceptors (Lipinski definition) is 10. The van der Waals surface area contributed by atoms with Gasteiger partial charge in [0.2, 0.25) is 5.82 Å². The third-order valence-corrected chi connectivity index (χ3v) is 6.20. The molecule has 13 heteroatoms. The number of nitrogens with two attached hydrogens (primary N) is 2. The van der Waals surface area contributed by atoms with Crippen molar-refractivity contribution >= 4 is 51.4 Å². The van der Waals surface area contributed by atoms with Crippen LogP contribution in [-0.2, 0) is 19.5 Å². The summed E-state index contributed by atoms with van der Waals surface area (Å²) >= 11 is 1.19. The second-order valence-electron chi connectivity index (χ2n) is 7.51. The molecule has 34 heavy (non-hydrogen) atoms. The molecule has 0 aliphatic carbocycles. The van der Waals surface area contributed by atoms with Crippen LogP contribution >= 0.6 is 23.7 Å². The number of aromatic nitrogens is 3. The lowest BCUT2D eigenvalue weighted by molar-refractivity contribution is 0.0683. The predicted octanol–water partition coefficient (Wildman–Crippen LogP) is 0.694. The molecule has 6 N–H and O–H groups in total. The van der Waals surface area contributed by atoms with Crippen LogP contribution < -0.4 is 32.8 Å². The van der Waals surface area contributed by atoms with Crippen LogP contribution in [0, 0.1) is 6.92 Å². The number of nitrogens with one attached hydrogen (secondary N) is 1. The molecule has 3 heterocycles. The van der Waals surface area contributed by atoms with E-state index in [9.17, 15) is 19.2 Å². The number of thiazole rings is 1. The van der Waals surface area contributed by atoms with Gasteiger partial charge in [-0.3, -0.25) is 19.4 Å². The Labute approximate surface area is 202 Å². The Bertz CT molecular complexity index is 1520. The monoisotopic (exact) mass is 504 g/mol. The quantitative estimate of drug-likeness (QED) is 0.289. The first-order chi connectivity index (χ1) is 15.7. The van der Waals surface area contributed by atoms with Crippen molar-refractivity contribution in [2.75, 3.05) is 17.2 Å². The lowest BCUT2D eigenvalue weighted by Gasteiger charge is -2.31. The largest absolute Gasteiger partial charge is 0.475 e. The van der Waals surface area contributed by atoms with Crippen molar-refractivity contribution in [3.63, 3.8) is 0 Å². The molecule has 2 aromatic heterocycles. The molecule has 0 spiro atoms. The van der Waals surface area contributed by atoms with Gasteiger partial charge in [-0.2, -0.15) is 0 Å². The molecule has 0 radical (unpaired) electrons. The second-order valence-corrected chi connectivity index (χ2v) is 8.69. The van der Waals surface area contributed by atoms with Gasteiger partial charge in [0.15, 0.2) is 10.3 Å². The van der Waals surface area contributed by atoms with Crippen molar-refractivity contribution in [3.8, 4) is 0 Å². The van der Waals surface area contributed by atoms with Crippen LogP contribution in [0.1, 0.15) is 32.3 Å². The van der Waals surface area contributed by atoms with Crippen molar-refractivity contribution < 1.29 is 9.90 Å². The van der Waals surface area contributed by atoms with E-state index < -0.39 is 22.4 Å². The summed E-state index contributed by atoms with van der Waals surface area (Å²) in [7, 11) is 0. The third kappa shape index (κ3) is 4.55. The minimum atomic E-state index is -1.25. The highest BCUT2D eigenvalue weighted by molar-refractivity contribution is 7.18. The van der Waals surface area contributed by atoms with E-state index in [1.54, 1.807) is 6.92 Å². The van der Waals surface area contributed by atoms with Gasteiger partial charge in [0, 0.05) is 19.6 Å². The summed E-state index contributed by atoms with van der Waals surface area (Å²) in [6, 6.07) is 6.17. The summed E-state index contributed by atoms with van der Waals surface area (Å²) in [6.45, 7) is 3.55. The number of benzene rings is 1. The lowest BCUT2D eigenvalue weighted by Crippen LogP contribution is -2.44. The summed E-state index contributed by atoms with van der Waals surface area (Å²) in [5.41, 5.74) is 13.9. The average molecular weight is 505 g/mol. The van der Waals surface area contributed by atoms with E-state index in [0.717, 1.165) is 17.5 Å². The van der Waals surface area contributed by atoms with E-state index in [-0.39, 0.29) is 29.4 Å². The summed E-state index contributed by atoms with van der Waals surface area (Å²) in [6.07, 6.45) is 0.846. The number of fused-ring (bicyclic) bond motifs is 2. The molecule has 0 amide bonds. The molecule has 11 nitrogen and oxygen atoms in total. The molecule has 2 aromatic carbocycles. The molecule has 1 aliphatic rings. The standard InChI is InChI=1S/C14H15N3O2.C7H5N3O3S.ClH/c15-6-8-1-2-9-3-4-17(7-10(9)5-8)12-11(16)13(18)14(12)19;1-2-8-3-5(11)9-4(7(12)13)10-6(3)14-2;/h1-2,5H,3-4,6-7,15-16H2;1H3,(H,12,13)(H,9,10,11);1H. The summed E-state index contributed by atoms with van der Waals surface area (Å²) in [4.78, 5) is 56.7. The number of hydrogen-bond donors (Lipinski definition) is 4. The Morgan fingerprint density at radius 2 is 1.94 bits per heavy atom. The van der Waals surface area contributed by atoms with Crippen LogP contribution in [-0.4, -0.2) is 32.6 Å². The van der Waals surface area contributed by atoms with Crippen LogP contribution in [0.3, 0.4) is 0 Å². The maximum absolute atomic E-state index is 11.6.